The van der Waals surface area contributed by atoms with Gasteiger partial charge >= 0.3 is 18.3 Å². The van der Waals surface area contributed by atoms with Crippen molar-refractivity contribution >= 4 is 11.9 Å². The first-order valence-electron chi connectivity index (χ1n) is 11.5. The Bertz CT molecular complexity index is 644. The first-order valence-corrected chi connectivity index (χ1v) is 11.5. The van der Waals surface area contributed by atoms with Gasteiger partial charge in [-0.2, -0.15) is 0 Å². The molecular formula is C24H35F3O5. The van der Waals surface area contributed by atoms with Crippen LogP contribution in [0.5, 0.6) is 5.75 Å². The average molecular weight is 461 g/mol. The number of carbonyl (C=O) groups is 2. The molecule has 32 heavy (non-hydrogen) atoms. The summed E-state index contributed by atoms with van der Waals surface area (Å²) in [5.41, 5.74) is 0.535. The van der Waals surface area contributed by atoms with E-state index in [1.165, 1.54) is 50.7 Å². The van der Waals surface area contributed by atoms with Crippen molar-refractivity contribution in [1.82, 2.24) is 0 Å². The van der Waals surface area contributed by atoms with E-state index in [9.17, 15) is 22.8 Å². The van der Waals surface area contributed by atoms with Gasteiger partial charge in [0.05, 0.1) is 6.61 Å². The molecule has 1 aromatic rings. The van der Waals surface area contributed by atoms with Gasteiger partial charge in [0.1, 0.15) is 12.4 Å². The second kappa shape index (κ2) is 16.4. The number of hydrogen-bond donors (Lipinski definition) is 0. The summed E-state index contributed by atoms with van der Waals surface area (Å²) in [5.74, 6) is -1.14. The van der Waals surface area contributed by atoms with Crippen molar-refractivity contribution in [2.75, 3.05) is 6.61 Å². The third kappa shape index (κ3) is 15.5. The zero-order valence-electron chi connectivity index (χ0n) is 18.9. The predicted octanol–water partition coefficient (Wildman–Crippen LogP) is 6.87. The number of ether oxygens (including phenoxy) is 3. The first kappa shape index (κ1) is 27.8. The maximum atomic E-state index is 12.1. The van der Waals surface area contributed by atoms with Crippen molar-refractivity contribution in [3.8, 4) is 5.75 Å². The fourth-order valence-corrected chi connectivity index (χ4v) is 3.07. The van der Waals surface area contributed by atoms with Gasteiger partial charge in [-0.05, 0) is 30.5 Å². The highest BCUT2D eigenvalue weighted by molar-refractivity contribution is 5.72. The lowest BCUT2D eigenvalue weighted by molar-refractivity contribution is -0.274. The Labute approximate surface area is 188 Å². The molecule has 0 unspecified atom stereocenters. The van der Waals surface area contributed by atoms with Crippen LogP contribution in [0.1, 0.15) is 89.5 Å². The lowest BCUT2D eigenvalue weighted by Gasteiger charge is -2.09. The van der Waals surface area contributed by atoms with E-state index in [2.05, 4.69) is 11.7 Å². The summed E-state index contributed by atoms with van der Waals surface area (Å²) in [6, 6.07) is 5.08. The minimum Gasteiger partial charge on any atom is -0.466 e. The second-order valence-corrected chi connectivity index (χ2v) is 7.75. The molecule has 8 heteroatoms. The van der Waals surface area contributed by atoms with E-state index in [0.717, 1.165) is 31.4 Å². The summed E-state index contributed by atoms with van der Waals surface area (Å²) in [4.78, 5) is 23.5. The molecule has 0 saturated carbocycles. The Morgan fingerprint density at radius 2 is 1.28 bits per heavy atom. The Morgan fingerprint density at radius 1 is 0.750 bits per heavy atom. The average Bonchev–Trinajstić information content (AvgIpc) is 2.73. The molecule has 0 bridgehead atoms. The maximum Gasteiger partial charge on any atom is 0.573 e. The number of alkyl halides is 3. The summed E-state index contributed by atoms with van der Waals surface area (Å²) in [6.45, 7) is 2.56. The third-order valence-electron chi connectivity index (χ3n) is 4.83. The molecule has 1 aromatic carbocycles. The number of unbranched alkanes of at least 4 members (excludes halogenated alkanes) is 8. The predicted molar refractivity (Wildman–Crippen MR) is 115 cm³/mol. The van der Waals surface area contributed by atoms with Crippen LogP contribution in [0.4, 0.5) is 13.2 Å². The van der Waals surface area contributed by atoms with E-state index in [-0.39, 0.29) is 31.2 Å². The molecule has 0 aliphatic rings. The van der Waals surface area contributed by atoms with Crippen LogP contribution in [0.2, 0.25) is 0 Å². The summed E-state index contributed by atoms with van der Waals surface area (Å²) in [7, 11) is 0. The summed E-state index contributed by atoms with van der Waals surface area (Å²) >= 11 is 0. The molecule has 0 N–H and O–H groups in total. The van der Waals surface area contributed by atoms with Crippen molar-refractivity contribution < 1.29 is 37.0 Å². The Morgan fingerprint density at radius 3 is 1.84 bits per heavy atom. The standard InChI is InChI=1S/C24H35F3O5/c1-2-3-4-5-6-7-8-9-10-18-30-22(28)12-11-13-23(29)31-19-20-14-16-21(17-15-20)32-24(25,26)27/h14-17H,2-13,18-19H2,1H3. The minimum atomic E-state index is -4.75. The fourth-order valence-electron chi connectivity index (χ4n) is 3.07. The highest BCUT2D eigenvalue weighted by atomic mass is 19.4. The van der Waals surface area contributed by atoms with Crippen molar-refractivity contribution in [1.29, 1.82) is 0 Å². The van der Waals surface area contributed by atoms with Gasteiger partial charge in [-0.3, -0.25) is 9.59 Å². The number of benzene rings is 1. The second-order valence-electron chi connectivity index (χ2n) is 7.75. The quantitative estimate of drug-likeness (QED) is 0.187. The lowest BCUT2D eigenvalue weighted by atomic mass is 10.1. The van der Waals surface area contributed by atoms with E-state index >= 15 is 0 Å². The monoisotopic (exact) mass is 460 g/mol. The fraction of sp³-hybridized carbons (Fsp3) is 0.667. The molecule has 0 spiro atoms. The van der Waals surface area contributed by atoms with Gasteiger partial charge in [-0.15, -0.1) is 13.2 Å². The van der Waals surface area contributed by atoms with Crippen LogP contribution in [-0.2, 0) is 25.7 Å². The largest absolute Gasteiger partial charge is 0.573 e. The van der Waals surface area contributed by atoms with Crippen LogP contribution in [0.15, 0.2) is 24.3 Å². The Kier molecular flexibility index (Phi) is 14.2. The molecule has 182 valence electrons. The van der Waals surface area contributed by atoms with Crippen LogP contribution in [-0.4, -0.2) is 24.9 Å². The molecule has 0 aliphatic heterocycles. The first-order chi connectivity index (χ1) is 15.3. The molecule has 0 heterocycles. The van der Waals surface area contributed by atoms with Gasteiger partial charge in [0, 0.05) is 12.8 Å². The number of hydrogen-bond acceptors (Lipinski definition) is 5. The zero-order valence-corrected chi connectivity index (χ0v) is 18.9. The highest BCUT2D eigenvalue weighted by Gasteiger charge is 2.30. The van der Waals surface area contributed by atoms with Crippen LogP contribution in [0, 0.1) is 0 Å². The van der Waals surface area contributed by atoms with Crippen LogP contribution in [0.3, 0.4) is 0 Å². The molecule has 0 atom stereocenters. The smallest absolute Gasteiger partial charge is 0.466 e. The van der Waals surface area contributed by atoms with Crippen molar-refractivity contribution in [3.05, 3.63) is 29.8 Å². The molecular weight excluding hydrogens is 425 g/mol. The van der Waals surface area contributed by atoms with Crippen molar-refractivity contribution in [2.45, 2.75) is 96.9 Å². The molecule has 0 saturated heterocycles. The SMILES string of the molecule is CCCCCCCCCCCOC(=O)CCCC(=O)OCc1ccc(OC(F)(F)F)cc1. The molecule has 5 nitrogen and oxygen atoms in total. The molecule has 0 aromatic heterocycles. The van der Waals surface area contributed by atoms with Gasteiger partial charge in [0.2, 0.25) is 0 Å². The molecule has 0 fully saturated rings. The van der Waals surface area contributed by atoms with Gasteiger partial charge in [0.25, 0.3) is 0 Å². The van der Waals surface area contributed by atoms with E-state index in [0.29, 0.717) is 18.6 Å². The molecule has 1 rings (SSSR count). The number of carbonyl (C=O) groups excluding carboxylic acids is 2. The number of rotatable bonds is 17. The van der Waals surface area contributed by atoms with Crippen molar-refractivity contribution in [2.24, 2.45) is 0 Å². The molecule has 0 radical (unpaired) electrons. The Hall–Kier alpha value is -2.25. The normalized spacial score (nSPS) is 11.2. The van der Waals surface area contributed by atoms with Crippen LogP contribution >= 0.6 is 0 Å². The topological polar surface area (TPSA) is 61.8 Å². The zero-order chi connectivity index (χ0) is 23.7. The lowest BCUT2D eigenvalue weighted by Crippen LogP contribution is -2.17. The summed E-state index contributed by atoms with van der Waals surface area (Å²) < 4.78 is 50.4. The summed E-state index contributed by atoms with van der Waals surface area (Å²) in [5, 5.41) is 0. The molecule has 0 aliphatic carbocycles. The third-order valence-corrected chi connectivity index (χ3v) is 4.83. The van der Waals surface area contributed by atoms with E-state index in [1.54, 1.807) is 0 Å². The highest BCUT2D eigenvalue weighted by Crippen LogP contribution is 2.23. The van der Waals surface area contributed by atoms with Crippen molar-refractivity contribution in [3.63, 3.8) is 0 Å². The van der Waals surface area contributed by atoms with Gasteiger partial charge in [-0.1, -0.05) is 70.4 Å². The van der Waals surface area contributed by atoms with E-state index in [4.69, 9.17) is 9.47 Å². The molecule has 0 amide bonds. The number of halogens is 3. The van der Waals surface area contributed by atoms with Gasteiger partial charge in [-0.25, -0.2) is 0 Å². The number of esters is 2. The van der Waals surface area contributed by atoms with Gasteiger partial charge < -0.3 is 14.2 Å². The van der Waals surface area contributed by atoms with Gasteiger partial charge in [0.15, 0.2) is 0 Å². The van der Waals surface area contributed by atoms with E-state index < -0.39 is 12.3 Å². The maximum absolute atomic E-state index is 12.1. The van der Waals surface area contributed by atoms with Crippen LogP contribution < -0.4 is 4.74 Å². The Balaban J connectivity index is 2.01. The van der Waals surface area contributed by atoms with E-state index in [1.807, 2.05) is 0 Å². The minimum absolute atomic E-state index is 0.0613. The van der Waals surface area contributed by atoms with Crippen LogP contribution in [0.25, 0.3) is 0 Å². The summed E-state index contributed by atoms with van der Waals surface area (Å²) in [6.07, 6.45) is 6.55.